The molecule has 5 N–H and O–H groups in total. The predicted molar refractivity (Wildman–Crippen MR) is 60.5 cm³/mol. The molecule has 0 bridgehead atoms. The first kappa shape index (κ1) is 15.7. The Labute approximate surface area is 103 Å². The highest BCUT2D eigenvalue weighted by Gasteiger charge is 2.14. The number of carboxylic acid groups (broad SMARTS) is 1. The average Bonchev–Trinajstić information content (AvgIpc) is 2.29. The van der Waals surface area contributed by atoms with Crippen molar-refractivity contribution in [1.29, 1.82) is 0 Å². The number of carboxylic acids is 1. The minimum atomic E-state index is -1.18. The van der Waals surface area contributed by atoms with Gasteiger partial charge in [0, 0.05) is 6.54 Å². The smallest absolute Gasteiger partial charge is 0.322 e. The van der Waals surface area contributed by atoms with Crippen LogP contribution in [-0.4, -0.2) is 60.0 Å². The van der Waals surface area contributed by atoms with E-state index >= 15 is 0 Å². The van der Waals surface area contributed by atoms with Crippen LogP contribution in [0.4, 0.5) is 4.79 Å². The third kappa shape index (κ3) is 7.04. The molecule has 18 heavy (non-hydrogen) atoms. The van der Waals surface area contributed by atoms with Gasteiger partial charge in [-0.15, -0.1) is 0 Å². The number of aliphatic carboxylic acids is 1. The van der Waals surface area contributed by atoms with Crippen LogP contribution in [0, 0.1) is 0 Å². The van der Waals surface area contributed by atoms with Crippen molar-refractivity contribution < 1.29 is 24.3 Å². The van der Waals surface area contributed by atoms with Crippen LogP contribution < -0.4 is 16.4 Å². The summed E-state index contributed by atoms with van der Waals surface area (Å²) in [5, 5.41) is 12.6. The monoisotopic (exact) mass is 260 g/mol. The van der Waals surface area contributed by atoms with Gasteiger partial charge in [0.1, 0.15) is 13.1 Å². The van der Waals surface area contributed by atoms with Gasteiger partial charge >= 0.3 is 12.0 Å². The molecule has 0 fully saturated rings. The highest BCUT2D eigenvalue weighted by molar-refractivity contribution is 5.87. The highest BCUT2D eigenvalue weighted by Crippen LogP contribution is 1.87. The van der Waals surface area contributed by atoms with E-state index in [1.807, 2.05) is 0 Å². The normalized spacial score (nSPS) is 9.39. The second kappa shape index (κ2) is 7.87. The molecule has 0 spiro atoms. The zero-order chi connectivity index (χ0) is 14.1. The van der Waals surface area contributed by atoms with E-state index in [0.717, 1.165) is 4.90 Å². The topological polar surface area (TPSA) is 142 Å². The highest BCUT2D eigenvalue weighted by atomic mass is 16.4. The van der Waals surface area contributed by atoms with Crippen molar-refractivity contribution in [2.45, 2.75) is 6.92 Å². The molecule has 0 heterocycles. The van der Waals surface area contributed by atoms with Crippen LogP contribution in [0.1, 0.15) is 6.92 Å². The van der Waals surface area contributed by atoms with Gasteiger partial charge in [-0.05, 0) is 6.92 Å². The molecule has 9 nitrogen and oxygen atoms in total. The van der Waals surface area contributed by atoms with Crippen LogP contribution in [0.5, 0.6) is 0 Å². The van der Waals surface area contributed by atoms with E-state index in [0.29, 0.717) is 0 Å². The number of rotatable bonds is 7. The van der Waals surface area contributed by atoms with Gasteiger partial charge in [-0.3, -0.25) is 14.4 Å². The van der Waals surface area contributed by atoms with Crippen LogP contribution in [0.2, 0.25) is 0 Å². The largest absolute Gasteiger partial charge is 0.480 e. The van der Waals surface area contributed by atoms with E-state index in [4.69, 9.17) is 10.8 Å². The van der Waals surface area contributed by atoms with E-state index in [-0.39, 0.29) is 19.6 Å². The Morgan fingerprint density at radius 2 is 1.78 bits per heavy atom. The summed E-state index contributed by atoms with van der Waals surface area (Å²) in [5.41, 5.74) is 4.94. The lowest BCUT2D eigenvalue weighted by molar-refractivity contribution is -0.137. The summed E-state index contributed by atoms with van der Waals surface area (Å²) in [6.45, 7) is 0.756. The number of likely N-dealkylation sites (N-methyl/N-ethyl adjacent to an activating group) is 1. The second-order valence-electron chi connectivity index (χ2n) is 3.31. The molecule has 0 aromatic carbocycles. The number of primary amides is 1. The molecule has 0 saturated carbocycles. The van der Waals surface area contributed by atoms with Crippen molar-refractivity contribution in [1.82, 2.24) is 15.5 Å². The Balaban J connectivity index is 4.03. The zero-order valence-corrected chi connectivity index (χ0v) is 9.93. The summed E-state index contributed by atoms with van der Waals surface area (Å²) < 4.78 is 0. The minimum absolute atomic E-state index is 0.251. The van der Waals surface area contributed by atoms with Gasteiger partial charge in [0.2, 0.25) is 11.8 Å². The lowest BCUT2D eigenvalue weighted by Gasteiger charge is -2.19. The molecule has 0 aromatic rings. The second-order valence-corrected chi connectivity index (χ2v) is 3.31. The quantitative estimate of drug-likeness (QED) is 0.407. The summed E-state index contributed by atoms with van der Waals surface area (Å²) in [5.74, 6) is -2.48. The van der Waals surface area contributed by atoms with Crippen molar-refractivity contribution >= 4 is 23.8 Å². The van der Waals surface area contributed by atoms with Gasteiger partial charge in [0.25, 0.3) is 0 Å². The molecular formula is C9H16N4O5. The van der Waals surface area contributed by atoms with E-state index < -0.39 is 30.4 Å². The molecule has 102 valence electrons. The maximum Gasteiger partial charge on any atom is 0.322 e. The summed E-state index contributed by atoms with van der Waals surface area (Å²) in [4.78, 5) is 44.5. The molecule has 0 aliphatic heterocycles. The molecular weight excluding hydrogens is 244 g/mol. The summed E-state index contributed by atoms with van der Waals surface area (Å²) in [6.07, 6.45) is 0. The molecule has 0 aromatic heterocycles. The van der Waals surface area contributed by atoms with Crippen molar-refractivity contribution in [3.63, 3.8) is 0 Å². The third-order valence-electron chi connectivity index (χ3n) is 1.85. The maximum atomic E-state index is 11.5. The number of hydrogen-bond acceptors (Lipinski definition) is 4. The molecule has 0 saturated heterocycles. The standard InChI is InChI=1S/C9H16N4O5/c1-2-13(5-6(10)14)9(18)12-3-7(15)11-4-8(16)17/h2-5H2,1H3,(H2,10,14)(H,11,15)(H,12,18)(H,16,17). The first-order chi connectivity index (χ1) is 8.36. The van der Waals surface area contributed by atoms with Gasteiger partial charge in [0.15, 0.2) is 0 Å². The van der Waals surface area contributed by atoms with Crippen molar-refractivity contribution in [3.8, 4) is 0 Å². The lowest BCUT2D eigenvalue weighted by atomic mass is 10.5. The summed E-state index contributed by atoms with van der Waals surface area (Å²) in [7, 11) is 0. The number of nitrogens with zero attached hydrogens (tertiary/aromatic N) is 1. The SMILES string of the molecule is CCN(CC(N)=O)C(=O)NCC(=O)NCC(=O)O. The van der Waals surface area contributed by atoms with E-state index in [1.165, 1.54) is 0 Å². The Bertz CT molecular complexity index is 344. The molecule has 0 unspecified atom stereocenters. The molecule has 0 atom stereocenters. The number of urea groups is 1. The number of carbonyl (C=O) groups is 4. The fraction of sp³-hybridized carbons (Fsp3) is 0.556. The number of hydrogen-bond donors (Lipinski definition) is 4. The van der Waals surface area contributed by atoms with Gasteiger partial charge < -0.3 is 26.4 Å². The Hall–Kier alpha value is -2.32. The fourth-order valence-electron chi connectivity index (χ4n) is 1.02. The van der Waals surface area contributed by atoms with Gasteiger partial charge in [-0.25, -0.2) is 4.79 Å². The van der Waals surface area contributed by atoms with Crippen LogP contribution >= 0.6 is 0 Å². The number of nitrogens with one attached hydrogen (secondary N) is 2. The summed E-state index contributed by atoms with van der Waals surface area (Å²) in [6, 6.07) is -0.623. The predicted octanol–water partition coefficient (Wildman–Crippen LogP) is -2.30. The van der Waals surface area contributed by atoms with E-state index in [9.17, 15) is 19.2 Å². The van der Waals surface area contributed by atoms with E-state index in [2.05, 4.69) is 10.6 Å². The first-order valence-electron chi connectivity index (χ1n) is 5.16. The molecule has 0 rings (SSSR count). The van der Waals surface area contributed by atoms with Crippen molar-refractivity contribution in [3.05, 3.63) is 0 Å². The zero-order valence-electron chi connectivity index (χ0n) is 9.93. The molecule has 4 amide bonds. The van der Waals surface area contributed by atoms with Crippen LogP contribution in [0.3, 0.4) is 0 Å². The average molecular weight is 260 g/mol. The van der Waals surface area contributed by atoms with Gasteiger partial charge in [-0.1, -0.05) is 0 Å². The van der Waals surface area contributed by atoms with Gasteiger partial charge in [0.05, 0.1) is 6.54 Å². The van der Waals surface area contributed by atoms with Crippen LogP contribution in [0.25, 0.3) is 0 Å². The number of nitrogens with two attached hydrogens (primary N) is 1. The number of carbonyl (C=O) groups excluding carboxylic acids is 3. The Morgan fingerprint density at radius 3 is 2.22 bits per heavy atom. The van der Waals surface area contributed by atoms with E-state index in [1.54, 1.807) is 6.92 Å². The van der Waals surface area contributed by atoms with Crippen molar-refractivity contribution in [2.24, 2.45) is 5.73 Å². The number of amides is 4. The third-order valence-corrected chi connectivity index (χ3v) is 1.85. The molecule has 9 heteroatoms. The van der Waals surface area contributed by atoms with Gasteiger partial charge in [-0.2, -0.15) is 0 Å². The van der Waals surface area contributed by atoms with Crippen molar-refractivity contribution in [2.75, 3.05) is 26.2 Å². The summed E-state index contributed by atoms with van der Waals surface area (Å²) >= 11 is 0. The lowest BCUT2D eigenvalue weighted by Crippen LogP contribution is -2.47. The molecule has 0 radical (unpaired) electrons. The minimum Gasteiger partial charge on any atom is -0.480 e. The Kier molecular flexibility index (Phi) is 6.86. The van der Waals surface area contributed by atoms with Crippen LogP contribution in [0.15, 0.2) is 0 Å². The fourth-order valence-corrected chi connectivity index (χ4v) is 1.02. The maximum absolute atomic E-state index is 11.5. The molecule has 0 aliphatic rings. The molecule has 0 aliphatic carbocycles. The van der Waals surface area contributed by atoms with Crippen LogP contribution in [-0.2, 0) is 14.4 Å². The Morgan fingerprint density at radius 1 is 1.17 bits per heavy atom. The first-order valence-corrected chi connectivity index (χ1v) is 5.16.